The van der Waals surface area contributed by atoms with Gasteiger partial charge in [-0.1, -0.05) is 0 Å². The van der Waals surface area contributed by atoms with Gasteiger partial charge < -0.3 is 4.90 Å². The second-order valence-corrected chi connectivity index (χ2v) is 4.60. The van der Waals surface area contributed by atoms with Gasteiger partial charge in [-0.05, 0) is 30.7 Å². The van der Waals surface area contributed by atoms with Crippen molar-refractivity contribution in [2.75, 3.05) is 18.0 Å². The summed E-state index contributed by atoms with van der Waals surface area (Å²) in [5, 5.41) is 2.08. The minimum Gasteiger partial charge on any atom is -0.355 e. The highest BCUT2D eigenvalue weighted by Crippen LogP contribution is 2.29. The average molecular weight is 218 g/mol. The fraction of sp³-hybridized carbons (Fsp3) is 0.364. The lowest BCUT2D eigenvalue weighted by atomic mass is 10.1. The SMILES string of the molecule is [CH]1CCN(c2ncnc3ccsc23)CC1. The van der Waals surface area contributed by atoms with Crippen LogP contribution in [0.5, 0.6) is 0 Å². The maximum Gasteiger partial charge on any atom is 0.150 e. The molecule has 1 saturated heterocycles. The van der Waals surface area contributed by atoms with E-state index in [1.165, 1.54) is 4.70 Å². The monoisotopic (exact) mass is 218 g/mol. The molecular formula is C11H12N3S. The Morgan fingerprint density at radius 2 is 2.07 bits per heavy atom. The van der Waals surface area contributed by atoms with E-state index in [0.717, 1.165) is 37.3 Å². The summed E-state index contributed by atoms with van der Waals surface area (Å²) in [6, 6.07) is 2.06. The number of rotatable bonds is 1. The Kier molecular flexibility index (Phi) is 2.29. The van der Waals surface area contributed by atoms with E-state index in [2.05, 4.69) is 32.7 Å². The Bertz CT molecular complexity index is 460. The van der Waals surface area contributed by atoms with Crippen LogP contribution in [-0.4, -0.2) is 23.1 Å². The molecule has 15 heavy (non-hydrogen) atoms. The second-order valence-electron chi connectivity index (χ2n) is 3.69. The minimum atomic E-state index is 1.07. The van der Waals surface area contributed by atoms with E-state index in [0.29, 0.717) is 0 Å². The zero-order valence-corrected chi connectivity index (χ0v) is 9.20. The molecule has 2 aromatic rings. The molecule has 0 N–H and O–H groups in total. The third-order valence-corrected chi connectivity index (χ3v) is 3.63. The summed E-state index contributed by atoms with van der Waals surface area (Å²) >= 11 is 1.73. The second kappa shape index (κ2) is 3.77. The molecule has 0 bridgehead atoms. The lowest BCUT2D eigenvalue weighted by Crippen LogP contribution is -2.30. The number of nitrogens with zero attached hydrogens (tertiary/aromatic N) is 3. The number of thiophene rings is 1. The first-order chi connectivity index (χ1) is 7.45. The van der Waals surface area contributed by atoms with Crippen molar-refractivity contribution in [1.82, 2.24) is 9.97 Å². The van der Waals surface area contributed by atoms with Crippen molar-refractivity contribution in [2.24, 2.45) is 0 Å². The van der Waals surface area contributed by atoms with Gasteiger partial charge in [-0.3, -0.25) is 0 Å². The molecule has 1 aliphatic heterocycles. The van der Waals surface area contributed by atoms with Crippen LogP contribution in [0.3, 0.4) is 0 Å². The first-order valence-corrected chi connectivity index (χ1v) is 6.08. The molecule has 0 aromatic carbocycles. The van der Waals surface area contributed by atoms with Crippen molar-refractivity contribution < 1.29 is 0 Å². The maximum atomic E-state index is 4.41. The van der Waals surface area contributed by atoms with Crippen LogP contribution in [0.15, 0.2) is 17.8 Å². The Labute approximate surface area is 92.8 Å². The van der Waals surface area contributed by atoms with E-state index in [9.17, 15) is 0 Å². The van der Waals surface area contributed by atoms with E-state index in [1.54, 1.807) is 17.7 Å². The van der Waals surface area contributed by atoms with Crippen LogP contribution in [0.4, 0.5) is 5.82 Å². The van der Waals surface area contributed by atoms with Crippen LogP contribution >= 0.6 is 11.3 Å². The van der Waals surface area contributed by atoms with Crippen LogP contribution in [0.1, 0.15) is 12.8 Å². The number of aromatic nitrogens is 2. The molecule has 3 rings (SSSR count). The lowest BCUT2D eigenvalue weighted by Gasteiger charge is -2.27. The van der Waals surface area contributed by atoms with Crippen LogP contribution in [0, 0.1) is 6.42 Å². The summed E-state index contributed by atoms with van der Waals surface area (Å²) in [6.45, 7) is 2.17. The quantitative estimate of drug-likeness (QED) is 0.736. The molecule has 1 radical (unpaired) electrons. The lowest BCUT2D eigenvalue weighted by molar-refractivity contribution is 0.673. The van der Waals surface area contributed by atoms with Crippen molar-refractivity contribution >= 4 is 27.4 Å². The smallest absolute Gasteiger partial charge is 0.150 e. The van der Waals surface area contributed by atoms with Crippen LogP contribution in [0.25, 0.3) is 10.2 Å². The molecule has 1 fully saturated rings. The highest BCUT2D eigenvalue weighted by molar-refractivity contribution is 7.17. The van der Waals surface area contributed by atoms with Gasteiger partial charge in [0.05, 0.1) is 10.2 Å². The fourth-order valence-corrected chi connectivity index (χ4v) is 2.83. The predicted molar refractivity (Wildman–Crippen MR) is 63.2 cm³/mol. The predicted octanol–water partition coefficient (Wildman–Crippen LogP) is 2.50. The average Bonchev–Trinajstić information content (AvgIpc) is 2.78. The first kappa shape index (κ1) is 9.09. The molecule has 0 saturated carbocycles. The number of fused-ring (bicyclic) bond motifs is 1. The summed E-state index contributed by atoms with van der Waals surface area (Å²) in [6.07, 6.45) is 6.35. The molecule has 0 atom stereocenters. The molecule has 0 spiro atoms. The van der Waals surface area contributed by atoms with E-state index >= 15 is 0 Å². The van der Waals surface area contributed by atoms with Gasteiger partial charge in [0.25, 0.3) is 0 Å². The number of anilines is 1. The van der Waals surface area contributed by atoms with Gasteiger partial charge in [-0.25, -0.2) is 9.97 Å². The van der Waals surface area contributed by atoms with E-state index in [1.807, 2.05) is 0 Å². The molecule has 0 amide bonds. The fourth-order valence-electron chi connectivity index (χ4n) is 1.96. The summed E-state index contributed by atoms with van der Waals surface area (Å²) in [4.78, 5) is 11.0. The van der Waals surface area contributed by atoms with Crippen LogP contribution < -0.4 is 4.90 Å². The van der Waals surface area contributed by atoms with Crippen LogP contribution in [0.2, 0.25) is 0 Å². The summed E-state index contributed by atoms with van der Waals surface area (Å²) in [7, 11) is 0. The van der Waals surface area contributed by atoms with E-state index < -0.39 is 0 Å². The maximum absolute atomic E-state index is 4.41. The Balaban J connectivity index is 2.05. The summed E-state index contributed by atoms with van der Waals surface area (Å²) < 4.78 is 1.22. The van der Waals surface area contributed by atoms with Crippen molar-refractivity contribution in [3.8, 4) is 0 Å². The van der Waals surface area contributed by atoms with Crippen molar-refractivity contribution in [3.63, 3.8) is 0 Å². The Morgan fingerprint density at radius 3 is 2.93 bits per heavy atom. The molecule has 0 aliphatic carbocycles. The summed E-state index contributed by atoms with van der Waals surface area (Å²) in [5.74, 6) is 1.11. The Hall–Kier alpha value is -1.16. The van der Waals surface area contributed by atoms with Gasteiger partial charge in [0.2, 0.25) is 0 Å². The standard InChI is InChI=1S/C11H12N3S/c1-2-5-14(6-3-1)11-10-9(4-7-15-10)12-8-13-11/h1,4,7-8H,2-3,5-6H2. The zero-order valence-electron chi connectivity index (χ0n) is 8.39. The molecule has 3 nitrogen and oxygen atoms in total. The molecule has 4 heteroatoms. The molecule has 2 aromatic heterocycles. The minimum absolute atomic E-state index is 1.07. The first-order valence-electron chi connectivity index (χ1n) is 5.20. The number of hydrogen-bond acceptors (Lipinski definition) is 4. The van der Waals surface area contributed by atoms with Crippen molar-refractivity contribution in [1.29, 1.82) is 0 Å². The largest absolute Gasteiger partial charge is 0.355 e. The molecule has 3 heterocycles. The van der Waals surface area contributed by atoms with Gasteiger partial charge in [-0.2, -0.15) is 0 Å². The number of piperidine rings is 1. The van der Waals surface area contributed by atoms with Gasteiger partial charge in [0, 0.05) is 13.1 Å². The Morgan fingerprint density at radius 1 is 1.20 bits per heavy atom. The molecule has 1 aliphatic rings. The third-order valence-electron chi connectivity index (χ3n) is 2.73. The van der Waals surface area contributed by atoms with E-state index in [4.69, 9.17) is 0 Å². The highest BCUT2D eigenvalue weighted by atomic mass is 32.1. The third kappa shape index (κ3) is 1.59. The van der Waals surface area contributed by atoms with Gasteiger partial charge in [0.1, 0.15) is 12.1 Å². The molecular weight excluding hydrogens is 206 g/mol. The molecule has 0 unspecified atom stereocenters. The van der Waals surface area contributed by atoms with Gasteiger partial charge in [0.15, 0.2) is 0 Å². The number of hydrogen-bond donors (Lipinski definition) is 0. The van der Waals surface area contributed by atoms with E-state index in [-0.39, 0.29) is 0 Å². The summed E-state index contributed by atoms with van der Waals surface area (Å²) in [5.41, 5.74) is 1.07. The normalized spacial score (nSPS) is 17.2. The van der Waals surface area contributed by atoms with Crippen LogP contribution in [-0.2, 0) is 0 Å². The van der Waals surface area contributed by atoms with Crippen molar-refractivity contribution in [3.05, 3.63) is 24.2 Å². The zero-order chi connectivity index (χ0) is 10.1. The van der Waals surface area contributed by atoms with Gasteiger partial charge >= 0.3 is 0 Å². The highest BCUT2D eigenvalue weighted by Gasteiger charge is 2.15. The van der Waals surface area contributed by atoms with Gasteiger partial charge in [-0.15, -0.1) is 11.3 Å². The topological polar surface area (TPSA) is 29.0 Å². The molecule has 77 valence electrons. The van der Waals surface area contributed by atoms with Crippen molar-refractivity contribution in [2.45, 2.75) is 12.8 Å².